The van der Waals surface area contributed by atoms with Gasteiger partial charge in [-0.2, -0.15) is 19.4 Å². The van der Waals surface area contributed by atoms with Crippen molar-refractivity contribution in [1.82, 2.24) is 25.3 Å². The van der Waals surface area contributed by atoms with Crippen molar-refractivity contribution >= 4 is 23.9 Å². The van der Waals surface area contributed by atoms with E-state index in [1.165, 1.54) is 16.7 Å². The van der Waals surface area contributed by atoms with E-state index in [1.807, 2.05) is 19.9 Å². The Morgan fingerprint density at radius 2 is 2.19 bits per heavy atom. The Hall–Kier alpha value is -3.18. The van der Waals surface area contributed by atoms with Crippen molar-refractivity contribution in [1.29, 1.82) is 0 Å². The number of pyridine rings is 1. The molecule has 1 aliphatic carbocycles. The molecule has 1 aromatic rings. The highest BCUT2D eigenvalue weighted by atomic mass is 32.2. The number of carboxylic acid groups (broad SMARTS) is 1. The van der Waals surface area contributed by atoms with Gasteiger partial charge in [0, 0.05) is 28.6 Å². The maximum Gasteiger partial charge on any atom is 0.410 e. The second-order valence-corrected chi connectivity index (χ2v) is 7.95. The summed E-state index contributed by atoms with van der Waals surface area (Å²) in [5, 5.41) is 21.0. The maximum atomic E-state index is 11.3. The average molecular weight is 442 g/mol. The molecular formula is C20H23N7O3S. The van der Waals surface area contributed by atoms with Gasteiger partial charge in [0.15, 0.2) is 5.84 Å². The Bertz CT molecular complexity index is 1160. The molecule has 0 saturated carbocycles. The van der Waals surface area contributed by atoms with Crippen LogP contribution >= 0.6 is 11.9 Å². The van der Waals surface area contributed by atoms with Crippen LogP contribution in [0.4, 0.5) is 4.79 Å². The topological polar surface area (TPSA) is 141 Å². The molecule has 3 aliphatic rings. The van der Waals surface area contributed by atoms with Crippen LogP contribution in [0.3, 0.4) is 0 Å². The molecule has 0 spiro atoms. The lowest BCUT2D eigenvalue weighted by Crippen LogP contribution is -2.32. The molecule has 0 aromatic carbocycles. The fourth-order valence-corrected chi connectivity index (χ4v) is 4.61. The largest absolute Gasteiger partial charge is 0.496 e. The summed E-state index contributed by atoms with van der Waals surface area (Å²) in [4.78, 5) is 17.4. The Labute approximate surface area is 183 Å². The number of aryl methyl sites for hydroxylation is 1. The SMILES string of the molecule is COc1c(C)cnc(Cn2nc3cc(CCN)c4c-3c(n2)C(NC(=O)O)=NSC4)c1C. The zero-order valence-corrected chi connectivity index (χ0v) is 18.3. The number of rotatable bonds is 5. The standard InChI is InChI=1S/C20H23N7O3S/c1-10-7-22-15(11(2)18(10)30-3)8-27-24-14-6-12(4-5-21)13-9-31-26-19(23-20(28)29)17(25-27)16(13)14/h6-7H,4-5,8-9,21H2,1-3H3,(H,23,26)(H,28,29). The summed E-state index contributed by atoms with van der Waals surface area (Å²) >= 11 is 1.27. The number of methoxy groups -OCH3 is 1. The normalized spacial score (nSPS) is 13.1. The number of aromatic nitrogens is 4. The van der Waals surface area contributed by atoms with Gasteiger partial charge in [-0.1, -0.05) is 0 Å². The molecule has 4 N–H and O–H groups in total. The third-order valence-electron chi connectivity index (χ3n) is 5.20. The molecule has 11 heteroatoms. The highest BCUT2D eigenvalue weighted by Gasteiger charge is 2.28. The van der Waals surface area contributed by atoms with E-state index in [0.29, 0.717) is 31.0 Å². The molecule has 3 heterocycles. The number of hydrogen-bond acceptors (Lipinski definition) is 8. The van der Waals surface area contributed by atoms with Crippen molar-refractivity contribution in [3.8, 4) is 17.0 Å². The van der Waals surface area contributed by atoms with Crippen LogP contribution in [-0.4, -0.2) is 50.7 Å². The van der Waals surface area contributed by atoms with Gasteiger partial charge in [-0.15, -0.1) is 0 Å². The molecule has 0 saturated heterocycles. The first-order valence-electron chi connectivity index (χ1n) is 9.72. The molecule has 0 unspecified atom stereocenters. The molecule has 0 fully saturated rings. The Kier molecular flexibility index (Phi) is 5.79. The predicted molar refractivity (Wildman–Crippen MR) is 118 cm³/mol. The van der Waals surface area contributed by atoms with Crippen molar-refractivity contribution in [3.63, 3.8) is 0 Å². The molecular weight excluding hydrogens is 418 g/mol. The first-order valence-corrected chi connectivity index (χ1v) is 10.7. The van der Waals surface area contributed by atoms with Crippen LogP contribution in [0.25, 0.3) is 11.3 Å². The average Bonchev–Trinajstić information content (AvgIpc) is 2.95. The molecule has 1 aromatic heterocycles. The second kappa shape index (κ2) is 8.52. The van der Waals surface area contributed by atoms with Gasteiger partial charge in [-0.05, 0) is 56.0 Å². The first kappa shape index (κ1) is 21.1. The Morgan fingerprint density at radius 1 is 1.39 bits per heavy atom. The summed E-state index contributed by atoms with van der Waals surface area (Å²) in [5.74, 6) is 1.56. The van der Waals surface area contributed by atoms with Gasteiger partial charge < -0.3 is 15.6 Å². The van der Waals surface area contributed by atoms with Gasteiger partial charge in [0.25, 0.3) is 0 Å². The van der Waals surface area contributed by atoms with Crippen LogP contribution in [0.2, 0.25) is 0 Å². The minimum atomic E-state index is -1.20. The van der Waals surface area contributed by atoms with Crippen molar-refractivity contribution < 1.29 is 14.6 Å². The summed E-state index contributed by atoms with van der Waals surface area (Å²) in [6.45, 7) is 4.68. The summed E-state index contributed by atoms with van der Waals surface area (Å²) in [5.41, 5.74) is 12.5. The van der Waals surface area contributed by atoms with Gasteiger partial charge >= 0.3 is 6.09 Å². The highest BCUT2D eigenvalue weighted by Crippen LogP contribution is 2.38. The highest BCUT2D eigenvalue weighted by molar-refractivity contribution is 7.97. The number of nitrogens with one attached hydrogen (secondary N) is 1. The summed E-state index contributed by atoms with van der Waals surface area (Å²) in [6, 6.07) is 2.00. The van der Waals surface area contributed by atoms with E-state index in [9.17, 15) is 9.90 Å². The van der Waals surface area contributed by atoms with E-state index in [1.54, 1.807) is 13.3 Å². The fourth-order valence-electron chi connectivity index (χ4n) is 3.83. The van der Waals surface area contributed by atoms with Crippen molar-refractivity contribution in [2.24, 2.45) is 10.1 Å². The Morgan fingerprint density at radius 3 is 2.90 bits per heavy atom. The second-order valence-electron chi connectivity index (χ2n) is 7.22. The van der Waals surface area contributed by atoms with Crippen LogP contribution in [-0.2, 0) is 18.7 Å². The Balaban J connectivity index is 1.85. The lowest BCUT2D eigenvalue weighted by Gasteiger charge is -2.15. The van der Waals surface area contributed by atoms with Crippen LogP contribution in [0.15, 0.2) is 16.7 Å². The maximum absolute atomic E-state index is 11.3. The molecule has 0 atom stereocenters. The van der Waals surface area contributed by atoms with E-state index in [0.717, 1.165) is 45.0 Å². The molecule has 31 heavy (non-hydrogen) atoms. The molecule has 2 aliphatic heterocycles. The van der Waals surface area contributed by atoms with E-state index in [2.05, 4.69) is 19.8 Å². The number of nitrogens with two attached hydrogens (primary N) is 1. The summed E-state index contributed by atoms with van der Waals surface area (Å²) < 4.78 is 9.85. The molecule has 0 radical (unpaired) electrons. The lowest BCUT2D eigenvalue weighted by atomic mass is 10.1. The van der Waals surface area contributed by atoms with Gasteiger partial charge in [0.2, 0.25) is 0 Å². The monoisotopic (exact) mass is 441 g/mol. The minimum Gasteiger partial charge on any atom is -0.496 e. The number of carbonyl (C=O) groups is 1. The van der Waals surface area contributed by atoms with Crippen LogP contribution in [0, 0.1) is 13.8 Å². The number of ether oxygens (including phenoxy) is 1. The minimum absolute atomic E-state index is 0.188. The lowest BCUT2D eigenvalue weighted by molar-refractivity contribution is 0.200. The molecule has 10 nitrogen and oxygen atoms in total. The van der Waals surface area contributed by atoms with Gasteiger partial charge in [-0.3, -0.25) is 10.3 Å². The van der Waals surface area contributed by atoms with Crippen molar-refractivity contribution in [2.45, 2.75) is 32.6 Å². The number of amides is 1. The van der Waals surface area contributed by atoms with Gasteiger partial charge in [0.05, 0.1) is 18.5 Å². The van der Waals surface area contributed by atoms with Crippen LogP contribution in [0.5, 0.6) is 5.75 Å². The first-order chi connectivity index (χ1) is 14.9. The van der Waals surface area contributed by atoms with Crippen LogP contribution < -0.4 is 15.8 Å². The van der Waals surface area contributed by atoms with E-state index >= 15 is 0 Å². The zero-order chi connectivity index (χ0) is 22.1. The summed E-state index contributed by atoms with van der Waals surface area (Å²) in [6.07, 6.45) is 1.25. The predicted octanol–water partition coefficient (Wildman–Crippen LogP) is 2.13. The molecule has 162 valence electrons. The van der Waals surface area contributed by atoms with Crippen LogP contribution in [0.1, 0.15) is 33.6 Å². The molecule has 0 bridgehead atoms. The van der Waals surface area contributed by atoms with Crippen molar-refractivity contribution in [3.05, 3.63) is 45.9 Å². The third kappa shape index (κ3) is 3.93. The van der Waals surface area contributed by atoms with Gasteiger partial charge in [-0.25, -0.2) is 4.79 Å². The fraction of sp³-hybridized carbons (Fsp3) is 0.350. The quantitative estimate of drug-likeness (QED) is 0.512. The van der Waals surface area contributed by atoms with E-state index in [4.69, 9.17) is 15.6 Å². The van der Waals surface area contributed by atoms with Crippen molar-refractivity contribution in [2.75, 3.05) is 13.7 Å². The van der Waals surface area contributed by atoms with Gasteiger partial charge in [0.1, 0.15) is 18.0 Å². The number of nitrogens with zero attached hydrogens (tertiary/aromatic N) is 5. The van der Waals surface area contributed by atoms with E-state index in [-0.39, 0.29) is 5.84 Å². The smallest absolute Gasteiger partial charge is 0.410 e. The molecule has 1 amide bonds. The number of amidine groups is 1. The number of hydrogen-bond donors (Lipinski definition) is 3. The van der Waals surface area contributed by atoms with E-state index < -0.39 is 6.09 Å². The zero-order valence-electron chi connectivity index (χ0n) is 17.5. The molecule has 4 rings (SSSR count). The summed E-state index contributed by atoms with van der Waals surface area (Å²) in [7, 11) is 1.63. The third-order valence-corrected chi connectivity index (χ3v) is 5.93.